The van der Waals surface area contributed by atoms with E-state index in [1.165, 1.54) is 0 Å². The second-order valence-corrected chi connectivity index (χ2v) is 6.82. The fourth-order valence-corrected chi connectivity index (χ4v) is 3.08. The van der Waals surface area contributed by atoms with Crippen molar-refractivity contribution in [2.24, 2.45) is 17.1 Å². The highest BCUT2D eigenvalue weighted by molar-refractivity contribution is 5.85. The third-order valence-corrected chi connectivity index (χ3v) is 5.06. The van der Waals surface area contributed by atoms with E-state index in [0.29, 0.717) is 6.54 Å². The van der Waals surface area contributed by atoms with Gasteiger partial charge in [-0.25, -0.2) is 4.98 Å². The molecule has 2 aliphatic rings. The highest BCUT2D eigenvalue weighted by atomic mass is 16.2. The van der Waals surface area contributed by atoms with E-state index in [2.05, 4.69) is 21.3 Å². The van der Waals surface area contributed by atoms with Gasteiger partial charge in [0.1, 0.15) is 5.82 Å². The first kappa shape index (κ1) is 15.8. The molecule has 1 saturated carbocycles. The molecule has 2 amide bonds. The Hall–Kier alpha value is -2.11. The molecule has 0 bridgehead atoms. The van der Waals surface area contributed by atoms with E-state index in [0.717, 1.165) is 50.2 Å². The van der Waals surface area contributed by atoms with Crippen LogP contribution in [0, 0.1) is 18.3 Å². The molecule has 3 N–H and O–H groups in total. The number of nitrogens with one attached hydrogen (secondary N) is 1. The van der Waals surface area contributed by atoms with E-state index >= 15 is 0 Å². The molecule has 1 aliphatic heterocycles. The summed E-state index contributed by atoms with van der Waals surface area (Å²) < 4.78 is 0. The summed E-state index contributed by atoms with van der Waals surface area (Å²) in [4.78, 5) is 30.3. The average Bonchev–Trinajstić information content (AvgIpc) is 3.35. The first-order chi connectivity index (χ1) is 11.0. The van der Waals surface area contributed by atoms with Crippen LogP contribution in [0.5, 0.6) is 0 Å². The maximum Gasteiger partial charge on any atom is 0.225 e. The molecule has 2 heterocycles. The summed E-state index contributed by atoms with van der Waals surface area (Å²) in [5.74, 6) is 0.743. The highest BCUT2D eigenvalue weighted by Gasteiger charge is 2.48. The second kappa shape index (κ2) is 6.18. The van der Waals surface area contributed by atoms with E-state index in [4.69, 9.17) is 5.73 Å². The summed E-state index contributed by atoms with van der Waals surface area (Å²) in [6.45, 7) is 4.07. The summed E-state index contributed by atoms with van der Waals surface area (Å²) >= 11 is 0. The maximum atomic E-state index is 12.3. The van der Waals surface area contributed by atoms with E-state index in [1.807, 2.05) is 19.2 Å². The number of amides is 2. The predicted octanol–water partition coefficient (Wildman–Crippen LogP) is 0.988. The zero-order valence-electron chi connectivity index (χ0n) is 13.5. The van der Waals surface area contributed by atoms with Crippen molar-refractivity contribution in [1.29, 1.82) is 0 Å². The fraction of sp³-hybridized carbons (Fsp3) is 0.588. The molecule has 0 aromatic carbocycles. The molecule has 6 nitrogen and oxygen atoms in total. The largest absolute Gasteiger partial charge is 0.369 e. The van der Waals surface area contributed by atoms with Gasteiger partial charge in [0.05, 0.1) is 5.41 Å². The minimum Gasteiger partial charge on any atom is -0.369 e. The van der Waals surface area contributed by atoms with Crippen LogP contribution < -0.4 is 16.0 Å². The predicted molar refractivity (Wildman–Crippen MR) is 87.8 cm³/mol. The van der Waals surface area contributed by atoms with Crippen LogP contribution in [0.15, 0.2) is 18.3 Å². The Morgan fingerprint density at radius 1 is 1.35 bits per heavy atom. The molecule has 6 heteroatoms. The van der Waals surface area contributed by atoms with Crippen molar-refractivity contribution in [1.82, 2.24) is 10.3 Å². The van der Waals surface area contributed by atoms with Crippen molar-refractivity contribution in [3.63, 3.8) is 0 Å². The van der Waals surface area contributed by atoms with E-state index in [1.54, 1.807) is 0 Å². The van der Waals surface area contributed by atoms with E-state index in [-0.39, 0.29) is 17.7 Å². The minimum atomic E-state index is -0.470. The summed E-state index contributed by atoms with van der Waals surface area (Å²) in [7, 11) is 0. The summed E-state index contributed by atoms with van der Waals surface area (Å²) in [5.41, 5.74) is 6.06. The van der Waals surface area contributed by atoms with Gasteiger partial charge in [0.15, 0.2) is 0 Å². The van der Waals surface area contributed by atoms with Gasteiger partial charge in [-0.05, 0) is 44.2 Å². The summed E-state index contributed by atoms with van der Waals surface area (Å²) in [5, 5.41) is 2.92. The molecule has 2 fully saturated rings. The van der Waals surface area contributed by atoms with Gasteiger partial charge in [-0.3, -0.25) is 9.59 Å². The zero-order chi connectivity index (χ0) is 16.4. The van der Waals surface area contributed by atoms with Crippen LogP contribution >= 0.6 is 0 Å². The summed E-state index contributed by atoms with van der Waals surface area (Å²) in [6, 6.07) is 4.08. The first-order valence-electron chi connectivity index (χ1n) is 8.25. The number of aromatic nitrogens is 1. The lowest BCUT2D eigenvalue weighted by Crippen LogP contribution is -2.44. The molecule has 0 atom stereocenters. The summed E-state index contributed by atoms with van der Waals surface area (Å²) in [6.07, 6.45) is 5.07. The van der Waals surface area contributed by atoms with Gasteiger partial charge in [0.2, 0.25) is 11.8 Å². The zero-order valence-corrected chi connectivity index (χ0v) is 13.5. The maximum absolute atomic E-state index is 12.3. The van der Waals surface area contributed by atoms with Gasteiger partial charge >= 0.3 is 0 Å². The van der Waals surface area contributed by atoms with Crippen LogP contribution in [0.3, 0.4) is 0 Å². The smallest absolute Gasteiger partial charge is 0.225 e. The fourth-order valence-electron chi connectivity index (χ4n) is 3.08. The Balaban J connectivity index is 1.48. The molecular weight excluding hydrogens is 292 g/mol. The topological polar surface area (TPSA) is 88.3 Å². The standard InChI is InChI=1S/C17H24N4O2/c1-12-2-3-14(19-10-12)21-8-4-13(5-9-21)15(22)20-11-17(6-7-17)16(18)23/h2-3,10,13H,4-9,11H2,1H3,(H2,18,23)(H,20,22). The Kier molecular flexibility index (Phi) is 4.24. The number of hydrogen-bond acceptors (Lipinski definition) is 4. The molecule has 1 aliphatic carbocycles. The van der Waals surface area contributed by atoms with Crippen molar-refractivity contribution in [3.05, 3.63) is 23.9 Å². The average molecular weight is 316 g/mol. The number of nitrogens with zero attached hydrogens (tertiary/aromatic N) is 2. The van der Waals surface area contributed by atoms with Crippen molar-refractivity contribution < 1.29 is 9.59 Å². The Morgan fingerprint density at radius 3 is 2.57 bits per heavy atom. The number of aryl methyl sites for hydroxylation is 1. The second-order valence-electron chi connectivity index (χ2n) is 6.82. The van der Waals surface area contributed by atoms with Gasteiger partial charge < -0.3 is 16.0 Å². The van der Waals surface area contributed by atoms with Crippen molar-refractivity contribution in [2.75, 3.05) is 24.5 Å². The van der Waals surface area contributed by atoms with Crippen LogP contribution in [-0.4, -0.2) is 36.4 Å². The monoisotopic (exact) mass is 316 g/mol. The van der Waals surface area contributed by atoms with Crippen LogP contribution in [0.2, 0.25) is 0 Å². The molecule has 1 saturated heterocycles. The lowest BCUT2D eigenvalue weighted by Gasteiger charge is -2.32. The normalized spacial score (nSPS) is 20.1. The molecule has 0 unspecified atom stereocenters. The molecule has 0 spiro atoms. The number of pyridine rings is 1. The number of anilines is 1. The molecular formula is C17H24N4O2. The third kappa shape index (κ3) is 3.46. The van der Waals surface area contributed by atoms with Gasteiger partial charge in [-0.1, -0.05) is 6.07 Å². The molecule has 3 rings (SSSR count). The van der Waals surface area contributed by atoms with Crippen LogP contribution in [0.25, 0.3) is 0 Å². The Bertz CT molecular complexity index is 587. The van der Waals surface area contributed by atoms with Gasteiger partial charge in [-0.15, -0.1) is 0 Å². The minimum absolute atomic E-state index is 0.0142. The lowest BCUT2D eigenvalue weighted by molar-refractivity contribution is -0.127. The molecule has 23 heavy (non-hydrogen) atoms. The number of rotatable bonds is 5. The molecule has 124 valence electrons. The SMILES string of the molecule is Cc1ccc(N2CCC(C(=O)NCC3(C(N)=O)CC3)CC2)nc1. The van der Waals surface area contributed by atoms with Gasteiger partial charge in [0, 0.05) is 31.7 Å². The van der Waals surface area contributed by atoms with Crippen molar-refractivity contribution >= 4 is 17.6 Å². The van der Waals surface area contributed by atoms with Crippen molar-refractivity contribution in [2.45, 2.75) is 32.6 Å². The third-order valence-electron chi connectivity index (χ3n) is 5.06. The Morgan fingerprint density at radius 2 is 2.04 bits per heavy atom. The number of carbonyl (C=O) groups is 2. The number of hydrogen-bond donors (Lipinski definition) is 2. The van der Waals surface area contributed by atoms with Gasteiger partial charge in [0.25, 0.3) is 0 Å². The lowest BCUT2D eigenvalue weighted by atomic mass is 9.95. The van der Waals surface area contributed by atoms with Crippen LogP contribution in [-0.2, 0) is 9.59 Å². The van der Waals surface area contributed by atoms with Crippen LogP contribution in [0.4, 0.5) is 5.82 Å². The molecule has 1 aromatic heterocycles. The van der Waals surface area contributed by atoms with Crippen LogP contribution in [0.1, 0.15) is 31.2 Å². The highest BCUT2D eigenvalue weighted by Crippen LogP contribution is 2.44. The number of nitrogens with two attached hydrogens (primary N) is 1. The quantitative estimate of drug-likeness (QED) is 0.848. The molecule has 1 aromatic rings. The van der Waals surface area contributed by atoms with E-state index in [9.17, 15) is 9.59 Å². The number of primary amides is 1. The first-order valence-corrected chi connectivity index (χ1v) is 8.25. The number of carbonyl (C=O) groups excluding carboxylic acids is 2. The van der Waals surface area contributed by atoms with Crippen molar-refractivity contribution in [3.8, 4) is 0 Å². The van der Waals surface area contributed by atoms with E-state index < -0.39 is 5.41 Å². The Labute approximate surface area is 136 Å². The number of piperidine rings is 1. The van der Waals surface area contributed by atoms with Gasteiger partial charge in [-0.2, -0.15) is 0 Å². The molecule has 0 radical (unpaired) electrons.